The van der Waals surface area contributed by atoms with Crippen LogP contribution in [0.2, 0.25) is 0 Å². The number of nitrogens with one attached hydrogen (secondary N) is 1. The van der Waals surface area contributed by atoms with Gasteiger partial charge in [0.1, 0.15) is 5.82 Å². The van der Waals surface area contributed by atoms with Crippen molar-refractivity contribution in [3.05, 3.63) is 17.1 Å². The van der Waals surface area contributed by atoms with Crippen molar-refractivity contribution in [2.24, 2.45) is 0 Å². The molecular formula is C10H15N3O. The van der Waals surface area contributed by atoms with Gasteiger partial charge in [-0.25, -0.2) is 4.98 Å². The third-order valence-corrected chi connectivity index (χ3v) is 2.54. The van der Waals surface area contributed by atoms with Gasteiger partial charge < -0.3 is 10.1 Å². The molecule has 1 aromatic rings. The van der Waals surface area contributed by atoms with Gasteiger partial charge >= 0.3 is 0 Å². The number of ether oxygens (including phenoxy) is 1. The molecule has 2 rings (SSSR count). The van der Waals surface area contributed by atoms with Gasteiger partial charge in [0, 0.05) is 18.2 Å². The zero-order chi connectivity index (χ0) is 10.1. The fourth-order valence-electron chi connectivity index (χ4n) is 1.86. The number of hydrogen-bond donors (Lipinski definition) is 1. The smallest absolute Gasteiger partial charge is 0.219 e. The van der Waals surface area contributed by atoms with Crippen LogP contribution in [0, 0.1) is 6.92 Å². The standard InChI is InChI=1S/C10H15N3O/c1-6-9-8(4-5-11-6)10(14-3)13-7(2)12-9/h6,11H,4-5H2,1-3H3. The topological polar surface area (TPSA) is 47.0 Å². The fraction of sp³-hybridized carbons (Fsp3) is 0.600. The molecule has 76 valence electrons. The number of aromatic nitrogens is 2. The van der Waals surface area contributed by atoms with Crippen LogP contribution in [0.15, 0.2) is 0 Å². The molecular weight excluding hydrogens is 178 g/mol. The van der Waals surface area contributed by atoms with Gasteiger partial charge in [-0.2, -0.15) is 4.98 Å². The number of aryl methyl sites for hydroxylation is 1. The van der Waals surface area contributed by atoms with E-state index in [0.717, 1.165) is 35.9 Å². The van der Waals surface area contributed by atoms with Crippen LogP contribution in [-0.2, 0) is 6.42 Å². The Bertz CT molecular complexity index is 351. The summed E-state index contributed by atoms with van der Waals surface area (Å²) in [4.78, 5) is 8.73. The summed E-state index contributed by atoms with van der Waals surface area (Å²) in [6.07, 6.45) is 0.948. The Morgan fingerprint density at radius 2 is 2.21 bits per heavy atom. The molecule has 1 unspecified atom stereocenters. The predicted molar refractivity (Wildman–Crippen MR) is 53.4 cm³/mol. The quantitative estimate of drug-likeness (QED) is 0.722. The lowest BCUT2D eigenvalue weighted by Crippen LogP contribution is -2.29. The average Bonchev–Trinajstić information content (AvgIpc) is 2.18. The highest BCUT2D eigenvalue weighted by Gasteiger charge is 2.21. The lowest BCUT2D eigenvalue weighted by Gasteiger charge is -2.23. The van der Waals surface area contributed by atoms with Crippen molar-refractivity contribution in [2.75, 3.05) is 13.7 Å². The first-order valence-corrected chi connectivity index (χ1v) is 4.87. The minimum Gasteiger partial charge on any atom is -0.481 e. The molecule has 0 fully saturated rings. The average molecular weight is 193 g/mol. The van der Waals surface area contributed by atoms with Crippen molar-refractivity contribution in [1.29, 1.82) is 0 Å². The molecule has 0 aromatic carbocycles. The number of fused-ring (bicyclic) bond motifs is 1. The van der Waals surface area contributed by atoms with Crippen LogP contribution in [-0.4, -0.2) is 23.6 Å². The van der Waals surface area contributed by atoms with E-state index in [9.17, 15) is 0 Å². The Balaban J connectivity index is 2.54. The van der Waals surface area contributed by atoms with Gasteiger partial charge in [-0.05, 0) is 20.3 Å². The van der Waals surface area contributed by atoms with Crippen molar-refractivity contribution in [3.8, 4) is 5.88 Å². The molecule has 1 atom stereocenters. The summed E-state index contributed by atoms with van der Waals surface area (Å²) in [6, 6.07) is 0.300. The Labute approximate surface area is 83.7 Å². The monoisotopic (exact) mass is 193 g/mol. The van der Waals surface area contributed by atoms with E-state index in [-0.39, 0.29) is 0 Å². The van der Waals surface area contributed by atoms with Crippen LogP contribution in [0.1, 0.15) is 30.0 Å². The zero-order valence-corrected chi connectivity index (χ0v) is 8.79. The maximum absolute atomic E-state index is 5.26. The normalized spacial score (nSPS) is 20.4. The second-order valence-corrected chi connectivity index (χ2v) is 3.57. The van der Waals surface area contributed by atoms with E-state index in [1.54, 1.807) is 7.11 Å². The van der Waals surface area contributed by atoms with E-state index in [2.05, 4.69) is 22.2 Å². The fourth-order valence-corrected chi connectivity index (χ4v) is 1.86. The molecule has 1 aliphatic heterocycles. The first kappa shape index (κ1) is 9.40. The maximum Gasteiger partial charge on any atom is 0.219 e. The SMILES string of the molecule is COc1nc(C)nc2c1CCNC2C. The van der Waals surface area contributed by atoms with E-state index in [4.69, 9.17) is 4.74 Å². The van der Waals surface area contributed by atoms with Gasteiger partial charge in [-0.15, -0.1) is 0 Å². The first-order valence-electron chi connectivity index (χ1n) is 4.87. The van der Waals surface area contributed by atoms with Gasteiger partial charge in [0.05, 0.1) is 12.8 Å². The highest BCUT2D eigenvalue weighted by molar-refractivity contribution is 5.34. The van der Waals surface area contributed by atoms with E-state index in [1.165, 1.54) is 0 Å². The minimum atomic E-state index is 0.300. The number of hydrogen-bond acceptors (Lipinski definition) is 4. The van der Waals surface area contributed by atoms with Gasteiger partial charge in [0.15, 0.2) is 0 Å². The number of nitrogens with zero attached hydrogens (tertiary/aromatic N) is 2. The Morgan fingerprint density at radius 1 is 1.43 bits per heavy atom. The summed E-state index contributed by atoms with van der Waals surface area (Å²) in [7, 11) is 1.66. The molecule has 0 aliphatic carbocycles. The second kappa shape index (κ2) is 3.53. The molecule has 1 N–H and O–H groups in total. The molecule has 0 spiro atoms. The van der Waals surface area contributed by atoms with Crippen LogP contribution >= 0.6 is 0 Å². The van der Waals surface area contributed by atoms with Crippen molar-refractivity contribution in [3.63, 3.8) is 0 Å². The van der Waals surface area contributed by atoms with Gasteiger partial charge in [0.2, 0.25) is 5.88 Å². The molecule has 0 saturated carbocycles. The molecule has 4 nitrogen and oxygen atoms in total. The van der Waals surface area contributed by atoms with E-state index >= 15 is 0 Å². The van der Waals surface area contributed by atoms with Crippen LogP contribution in [0.3, 0.4) is 0 Å². The highest BCUT2D eigenvalue weighted by atomic mass is 16.5. The van der Waals surface area contributed by atoms with Crippen LogP contribution in [0.25, 0.3) is 0 Å². The molecule has 0 amide bonds. The van der Waals surface area contributed by atoms with Crippen molar-refractivity contribution < 1.29 is 4.74 Å². The first-order chi connectivity index (χ1) is 6.72. The van der Waals surface area contributed by atoms with Crippen molar-refractivity contribution >= 4 is 0 Å². The van der Waals surface area contributed by atoms with Crippen LogP contribution < -0.4 is 10.1 Å². The Kier molecular flexibility index (Phi) is 2.37. The van der Waals surface area contributed by atoms with E-state index < -0.39 is 0 Å². The Hall–Kier alpha value is -1.16. The van der Waals surface area contributed by atoms with Gasteiger partial charge in [-0.3, -0.25) is 0 Å². The molecule has 4 heteroatoms. The largest absolute Gasteiger partial charge is 0.481 e. The molecule has 14 heavy (non-hydrogen) atoms. The van der Waals surface area contributed by atoms with Crippen molar-refractivity contribution in [2.45, 2.75) is 26.3 Å². The molecule has 1 aliphatic rings. The second-order valence-electron chi connectivity index (χ2n) is 3.57. The predicted octanol–water partition coefficient (Wildman–Crippen LogP) is 1.00. The van der Waals surface area contributed by atoms with Crippen LogP contribution in [0.5, 0.6) is 5.88 Å². The Morgan fingerprint density at radius 3 is 2.93 bits per heavy atom. The lowest BCUT2D eigenvalue weighted by molar-refractivity contribution is 0.380. The van der Waals surface area contributed by atoms with Crippen molar-refractivity contribution in [1.82, 2.24) is 15.3 Å². The molecule has 0 radical (unpaired) electrons. The number of methoxy groups -OCH3 is 1. The third kappa shape index (κ3) is 1.46. The van der Waals surface area contributed by atoms with E-state index in [0.29, 0.717) is 6.04 Å². The van der Waals surface area contributed by atoms with Gasteiger partial charge in [-0.1, -0.05) is 0 Å². The summed E-state index contributed by atoms with van der Waals surface area (Å²) < 4.78 is 5.26. The lowest BCUT2D eigenvalue weighted by atomic mass is 10.0. The molecule has 2 heterocycles. The van der Waals surface area contributed by atoms with Crippen LogP contribution in [0.4, 0.5) is 0 Å². The number of rotatable bonds is 1. The van der Waals surface area contributed by atoms with E-state index in [1.807, 2.05) is 6.92 Å². The third-order valence-electron chi connectivity index (χ3n) is 2.54. The molecule has 1 aromatic heterocycles. The maximum atomic E-state index is 5.26. The summed E-state index contributed by atoms with van der Waals surface area (Å²) in [5.41, 5.74) is 2.24. The summed E-state index contributed by atoms with van der Waals surface area (Å²) >= 11 is 0. The summed E-state index contributed by atoms with van der Waals surface area (Å²) in [5, 5.41) is 3.37. The minimum absolute atomic E-state index is 0.300. The van der Waals surface area contributed by atoms with Gasteiger partial charge in [0.25, 0.3) is 0 Å². The zero-order valence-electron chi connectivity index (χ0n) is 8.79. The molecule has 0 bridgehead atoms. The highest BCUT2D eigenvalue weighted by Crippen LogP contribution is 2.26. The summed E-state index contributed by atoms with van der Waals surface area (Å²) in [5.74, 6) is 1.51. The molecule has 0 saturated heterocycles. The summed E-state index contributed by atoms with van der Waals surface area (Å²) in [6.45, 7) is 4.98.